The highest BCUT2D eigenvalue weighted by atomic mass is 32.1. The van der Waals surface area contributed by atoms with Crippen LogP contribution in [0.3, 0.4) is 0 Å². The number of aliphatic carboxylic acids is 1. The zero-order valence-corrected chi connectivity index (χ0v) is 16.0. The number of ketones is 1. The van der Waals surface area contributed by atoms with Gasteiger partial charge in [-0.1, -0.05) is 24.3 Å². The predicted molar refractivity (Wildman–Crippen MR) is 102 cm³/mol. The van der Waals surface area contributed by atoms with E-state index in [0.717, 1.165) is 20.9 Å². The summed E-state index contributed by atoms with van der Waals surface area (Å²) in [4.78, 5) is 37.8. The Kier molecular flexibility index (Phi) is 6.69. The van der Waals surface area contributed by atoms with Gasteiger partial charge in [0, 0.05) is 28.2 Å². The molecule has 1 amide bonds. The first-order valence-electron chi connectivity index (χ1n) is 8.45. The molecule has 2 aromatic rings. The molecule has 0 saturated carbocycles. The second-order valence-electron chi connectivity index (χ2n) is 6.32. The molecule has 0 spiro atoms. The van der Waals surface area contributed by atoms with E-state index in [-0.39, 0.29) is 31.0 Å². The maximum Gasteiger partial charge on any atom is 0.305 e. The van der Waals surface area contributed by atoms with Crippen molar-refractivity contribution in [2.75, 3.05) is 0 Å². The molecule has 0 aliphatic heterocycles. The molecule has 1 aromatic heterocycles. The molecule has 1 heterocycles. The Labute approximate surface area is 157 Å². The molecule has 0 saturated heterocycles. The fraction of sp³-hybridized carbons (Fsp3) is 0.350. The summed E-state index contributed by atoms with van der Waals surface area (Å²) in [6.45, 7) is 5.72. The number of thiophene rings is 1. The third-order valence-corrected chi connectivity index (χ3v) is 5.16. The third kappa shape index (κ3) is 5.26. The van der Waals surface area contributed by atoms with Crippen LogP contribution in [0.5, 0.6) is 0 Å². The summed E-state index contributed by atoms with van der Waals surface area (Å²) in [6.07, 6.45) is -0.0566. The van der Waals surface area contributed by atoms with Gasteiger partial charge >= 0.3 is 5.97 Å². The van der Waals surface area contributed by atoms with Crippen molar-refractivity contribution in [3.63, 3.8) is 0 Å². The first kappa shape index (κ1) is 19.8. The lowest BCUT2D eigenvalue weighted by atomic mass is 9.98. The van der Waals surface area contributed by atoms with Gasteiger partial charge in [-0.05, 0) is 38.0 Å². The zero-order chi connectivity index (χ0) is 19.3. The highest BCUT2D eigenvalue weighted by molar-refractivity contribution is 7.12. The van der Waals surface area contributed by atoms with E-state index in [4.69, 9.17) is 5.11 Å². The first-order valence-corrected chi connectivity index (χ1v) is 9.26. The molecule has 0 fully saturated rings. The molecular weight excluding hydrogens is 350 g/mol. The summed E-state index contributed by atoms with van der Waals surface area (Å²) in [5.74, 6) is -1.37. The van der Waals surface area contributed by atoms with Crippen molar-refractivity contribution in [2.24, 2.45) is 0 Å². The van der Waals surface area contributed by atoms with Crippen LogP contribution in [0, 0.1) is 20.8 Å². The number of carboxylic acid groups (broad SMARTS) is 1. The Bertz CT molecular complexity index is 825. The molecule has 6 heteroatoms. The van der Waals surface area contributed by atoms with Crippen LogP contribution in [0.15, 0.2) is 30.3 Å². The molecule has 2 N–H and O–H groups in total. The molecule has 0 bridgehead atoms. The Balaban J connectivity index is 2.01. The lowest BCUT2D eigenvalue weighted by Gasteiger charge is -2.19. The lowest BCUT2D eigenvalue weighted by molar-refractivity contribution is -0.137. The lowest BCUT2D eigenvalue weighted by Crippen LogP contribution is -2.30. The number of hydrogen-bond acceptors (Lipinski definition) is 4. The van der Waals surface area contributed by atoms with Crippen molar-refractivity contribution in [1.29, 1.82) is 0 Å². The molecule has 138 valence electrons. The van der Waals surface area contributed by atoms with Gasteiger partial charge in [0.15, 0.2) is 5.78 Å². The van der Waals surface area contributed by atoms with E-state index in [9.17, 15) is 14.4 Å². The Hall–Kier alpha value is -2.47. The summed E-state index contributed by atoms with van der Waals surface area (Å²) in [5, 5.41) is 11.9. The monoisotopic (exact) mass is 373 g/mol. The summed E-state index contributed by atoms with van der Waals surface area (Å²) in [7, 11) is 0. The van der Waals surface area contributed by atoms with Crippen molar-refractivity contribution in [3.8, 4) is 0 Å². The molecule has 2 rings (SSSR count). The quantitative estimate of drug-likeness (QED) is 0.686. The molecule has 26 heavy (non-hydrogen) atoms. The van der Waals surface area contributed by atoms with Gasteiger partial charge in [-0.25, -0.2) is 0 Å². The van der Waals surface area contributed by atoms with Crippen LogP contribution in [0.4, 0.5) is 0 Å². The van der Waals surface area contributed by atoms with Crippen LogP contribution in [0.2, 0.25) is 0 Å². The van der Waals surface area contributed by atoms with E-state index in [1.54, 1.807) is 11.3 Å². The average Bonchev–Trinajstić information content (AvgIpc) is 2.90. The Morgan fingerprint density at radius 1 is 1.12 bits per heavy atom. The van der Waals surface area contributed by atoms with Crippen molar-refractivity contribution in [1.82, 2.24) is 5.32 Å². The fourth-order valence-electron chi connectivity index (χ4n) is 2.93. The highest BCUT2D eigenvalue weighted by Crippen LogP contribution is 2.23. The summed E-state index contributed by atoms with van der Waals surface area (Å²) < 4.78 is 0. The van der Waals surface area contributed by atoms with E-state index < -0.39 is 12.0 Å². The molecule has 0 radical (unpaired) electrons. The van der Waals surface area contributed by atoms with Crippen molar-refractivity contribution in [3.05, 3.63) is 56.8 Å². The Morgan fingerprint density at radius 3 is 2.38 bits per heavy atom. The van der Waals surface area contributed by atoms with Gasteiger partial charge in [-0.3, -0.25) is 14.4 Å². The highest BCUT2D eigenvalue weighted by Gasteiger charge is 2.20. The van der Waals surface area contributed by atoms with Crippen molar-refractivity contribution in [2.45, 2.75) is 46.1 Å². The van der Waals surface area contributed by atoms with Crippen LogP contribution < -0.4 is 5.32 Å². The normalized spacial score (nSPS) is 11.8. The van der Waals surface area contributed by atoms with Crippen LogP contribution in [0.1, 0.15) is 56.5 Å². The zero-order valence-electron chi connectivity index (χ0n) is 15.2. The second-order valence-corrected chi connectivity index (χ2v) is 7.79. The SMILES string of the molecule is Cc1cc(C(=O)CCC(=O)NC(CC(=O)O)c2ccccc2C)c(C)s1. The largest absolute Gasteiger partial charge is 0.481 e. The minimum absolute atomic E-state index is 0.0369. The maximum absolute atomic E-state index is 12.3. The first-order chi connectivity index (χ1) is 12.3. The number of Topliss-reactive ketones (excluding diaryl/α,β-unsaturated/α-hetero) is 1. The van der Waals surface area contributed by atoms with Gasteiger partial charge in [0.05, 0.1) is 12.5 Å². The van der Waals surface area contributed by atoms with Gasteiger partial charge in [-0.2, -0.15) is 0 Å². The smallest absolute Gasteiger partial charge is 0.305 e. The molecule has 0 aliphatic rings. The number of carbonyl (C=O) groups excluding carboxylic acids is 2. The van der Waals surface area contributed by atoms with Crippen LogP contribution in [0.25, 0.3) is 0 Å². The standard InChI is InChI=1S/C20H23NO4S/c1-12-6-4-5-7-15(12)17(11-20(24)25)21-19(23)9-8-18(22)16-10-13(2)26-14(16)3/h4-7,10,17H,8-9,11H2,1-3H3,(H,21,23)(H,24,25). The molecule has 0 aliphatic carbocycles. The number of carboxylic acids is 1. The molecule has 1 aromatic carbocycles. The summed E-state index contributed by atoms with van der Waals surface area (Å²) in [6, 6.07) is 8.60. The Morgan fingerprint density at radius 2 is 1.81 bits per heavy atom. The molecule has 1 atom stereocenters. The van der Waals surface area contributed by atoms with Gasteiger partial charge in [0.1, 0.15) is 0 Å². The number of benzene rings is 1. The molecular formula is C20H23NO4S. The van der Waals surface area contributed by atoms with E-state index in [2.05, 4.69) is 5.32 Å². The van der Waals surface area contributed by atoms with E-state index in [1.807, 2.05) is 51.1 Å². The van der Waals surface area contributed by atoms with Crippen LogP contribution in [-0.4, -0.2) is 22.8 Å². The van der Waals surface area contributed by atoms with Crippen LogP contribution in [-0.2, 0) is 9.59 Å². The van der Waals surface area contributed by atoms with E-state index in [0.29, 0.717) is 5.56 Å². The third-order valence-electron chi connectivity index (χ3n) is 4.20. The minimum Gasteiger partial charge on any atom is -0.481 e. The minimum atomic E-state index is -0.987. The maximum atomic E-state index is 12.3. The number of amides is 1. The molecule has 1 unspecified atom stereocenters. The topological polar surface area (TPSA) is 83.5 Å². The predicted octanol–water partition coefficient (Wildman–Crippen LogP) is 3.97. The van der Waals surface area contributed by atoms with Gasteiger partial charge in [0.2, 0.25) is 5.91 Å². The number of hydrogen-bond donors (Lipinski definition) is 2. The summed E-state index contributed by atoms with van der Waals surface area (Å²) in [5.41, 5.74) is 2.36. The van der Waals surface area contributed by atoms with Gasteiger partial charge in [0.25, 0.3) is 0 Å². The summed E-state index contributed by atoms with van der Waals surface area (Å²) >= 11 is 1.56. The van der Waals surface area contributed by atoms with Crippen LogP contribution >= 0.6 is 11.3 Å². The number of carbonyl (C=O) groups is 3. The van der Waals surface area contributed by atoms with E-state index >= 15 is 0 Å². The van der Waals surface area contributed by atoms with Crippen molar-refractivity contribution >= 4 is 29.0 Å². The average molecular weight is 373 g/mol. The number of nitrogens with one attached hydrogen (secondary N) is 1. The number of rotatable bonds is 8. The fourth-order valence-corrected chi connectivity index (χ4v) is 3.87. The second kappa shape index (κ2) is 8.76. The molecule has 5 nitrogen and oxygen atoms in total. The van der Waals surface area contributed by atoms with Crippen molar-refractivity contribution < 1.29 is 19.5 Å². The van der Waals surface area contributed by atoms with Gasteiger partial charge < -0.3 is 10.4 Å². The number of aryl methyl sites for hydroxylation is 3. The van der Waals surface area contributed by atoms with E-state index in [1.165, 1.54) is 0 Å². The van der Waals surface area contributed by atoms with Gasteiger partial charge in [-0.15, -0.1) is 11.3 Å².